The predicted octanol–water partition coefficient (Wildman–Crippen LogP) is 3.51. The van der Waals surface area contributed by atoms with Crippen LogP contribution in [0.25, 0.3) is 0 Å². The van der Waals surface area contributed by atoms with E-state index >= 15 is 0 Å². The second-order valence-electron chi connectivity index (χ2n) is 2.33. The molecule has 0 aliphatic heterocycles. The van der Waals surface area contributed by atoms with E-state index in [1.165, 1.54) is 19.3 Å². The molecule has 57 valence electrons. The van der Waals surface area contributed by atoms with Gasteiger partial charge in [0.25, 0.3) is 0 Å². The Hall–Kier alpha value is -0.520. The van der Waals surface area contributed by atoms with Crippen molar-refractivity contribution in [1.29, 1.82) is 0 Å². The molecule has 0 spiro atoms. The SMILES string of the molecule is C=CC=CC[CH]CCCC. The normalized spacial score (nSPS) is 10.5. The molecule has 0 amide bonds. The highest BCUT2D eigenvalue weighted by atomic mass is 13.9. The van der Waals surface area contributed by atoms with Crippen LogP contribution in [0.2, 0.25) is 0 Å². The second-order valence-corrected chi connectivity index (χ2v) is 2.33. The first-order valence-electron chi connectivity index (χ1n) is 4.01. The van der Waals surface area contributed by atoms with E-state index in [9.17, 15) is 0 Å². The molecule has 0 unspecified atom stereocenters. The first-order valence-corrected chi connectivity index (χ1v) is 4.01. The Kier molecular flexibility index (Phi) is 8.04. The van der Waals surface area contributed by atoms with Crippen LogP contribution in [0.3, 0.4) is 0 Å². The summed E-state index contributed by atoms with van der Waals surface area (Å²) in [4.78, 5) is 0. The lowest BCUT2D eigenvalue weighted by Crippen LogP contribution is -1.74. The second kappa shape index (κ2) is 8.48. The molecule has 10 heavy (non-hydrogen) atoms. The fraction of sp³-hybridized carbons (Fsp3) is 0.500. The third-order valence-electron chi connectivity index (χ3n) is 1.34. The van der Waals surface area contributed by atoms with Crippen molar-refractivity contribution in [3.05, 3.63) is 31.2 Å². The zero-order chi connectivity index (χ0) is 7.66. The third-order valence-corrected chi connectivity index (χ3v) is 1.34. The summed E-state index contributed by atoms with van der Waals surface area (Å²) in [7, 11) is 0. The summed E-state index contributed by atoms with van der Waals surface area (Å²) in [5, 5.41) is 0. The lowest BCUT2D eigenvalue weighted by atomic mass is 10.1. The van der Waals surface area contributed by atoms with Gasteiger partial charge >= 0.3 is 0 Å². The molecular formula is C10H17. The summed E-state index contributed by atoms with van der Waals surface area (Å²) in [6.45, 7) is 5.81. The van der Waals surface area contributed by atoms with Gasteiger partial charge in [-0.2, -0.15) is 0 Å². The molecule has 0 N–H and O–H groups in total. The lowest BCUT2D eigenvalue weighted by molar-refractivity contribution is 0.771. The van der Waals surface area contributed by atoms with Gasteiger partial charge in [0.15, 0.2) is 0 Å². The van der Waals surface area contributed by atoms with Crippen molar-refractivity contribution in [2.24, 2.45) is 0 Å². The summed E-state index contributed by atoms with van der Waals surface area (Å²) in [5.41, 5.74) is 0. The molecule has 0 rings (SSSR count). The molecule has 0 fully saturated rings. The van der Waals surface area contributed by atoms with Crippen LogP contribution in [0.5, 0.6) is 0 Å². The lowest BCUT2D eigenvalue weighted by Gasteiger charge is -1.92. The number of hydrogen-bond acceptors (Lipinski definition) is 0. The molecule has 0 aromatic rings. The highest BCUT2D eigenvalue weighted by Crippen LogP contribution is 2.01. The van der Waals surface area contributed by atoms with Crippen LogP contribution in [0.1, 0.15) is 32.6 Å². The molecule has 0 heteroatoms. The molecule has 0 aromatic carbocycles. The number of unbranched alkanes of at least 4 members (excludes halogenated alkanes) is 4. The van der Waals surface area contributed by atoms with Gasteiger partial charge in [-0.1, -0.05) is 44.6 Å². The monoisotopic (exact) mass is 137 g/mol. The van der Waals surface area contributed by atoms with Crippen LogP contribution in [0.15, 0.2) is 24.8 Å². The summed E-state index contributed by atoms with van der Waals surface area (Å²) >= 11 is 0. The maximum absolute atomic E-state index is 3.59. The van der Waals surface area contributed by atoms with Gasteiger partial charge in [0.2, 0.25) is 0 Å². The van der Waals surface area contributed by atoms with Crippen molar-refractivity contribution in [3.8, 4) is 0 Å². The third kappa shape index (κ3) is 7.48. The molecule has 0 heterocycles. The van der Waals surface area contributed by atoms with Crippen molar-refractivity contribution in [1.82, 2.24) is 0 Å². The highest BCUT2D eigenvalue weighted by molar-refractivity contribution is 4.98. The molecule has 0 aliphatic rings. The standard InChI is InChI=1S/C10H17/c1-3-5-7-9-10-8-6-4-2/h3,5,7,10H,1,4,6,8-9H2,2H3. The molecule has 0 aliphatic carbocycles. The van der Waals surface area contributed by atoms with Crippen molar-refractivity contribution in [3.63, 3.8) is 0 Å². The summed E-state index contributed by atoms with van der Waals surface area (Å²) in [6.07, 6.45) is 13.2. The topological polar surface area (TPSA) is 0 Å². The number of hydrogen-bond donors (Lipinski definition) is 0. The van der Waals surface area contributed by atoms with Gasteiger partial charge < -0.3 is 0 Å². The van der Waals surface area contributed by atoms with E-state index in [4.69, 9.17) is 0 Å². The van der Waals surface area contributed by atoms with Crippen LogP contribution in [0, 0.1) is 6.42 Å². The Morgan fingerprint density at radius 3 is 2.80 bits per heavy atom. The van der Waals surface area contributed by atoms with Crippen molar-refractivity contribution in [2.45, 2.75) is 32.6 Å². The Bertz CT molecular complexity index is 90.2. The quantitative estimate of drug-likeness (QED) is 0.388. The minimum absolute atomic E-state index is 1.09. The average molecular weight is 137 g/mol. The zero-order valence-corrected chi connectivity index (χ0v) is 6.84. The van der Waals surface area contributed by atoms with Crippen molar-refractivity contribution < 1.29 is 0 Å². The van der Waals surface area contributed by atoms with Crippen LogP contribution in [-0.4, -0.2) is 0 Å². The van der Waals surface area contributed by atoms with E-state index in [0.717, 1.165) is 6.42 Å². The molecule has 0 saturated carbocycles. The van der Waals surface area contributed by atoms with Crippen molar-refractivity contribution >= 4 is 0 Å². The van der Waals surface area contributed by atoms with E-state index in [0.29, 0.717) is 0 Å². The largest absolute Gasteiger partial charge is 0.0991 e. The van der Waals surface area contributed by atoms with Gasteiger partial charge in [-0.25, -0.2) is 0 Å². The van der Waals surface area contributed by atoms with E-state index in [1.807, 2.05) is 12.2 Å². The van der Waals surface area contributed by atoms with E-state index in [1.54, 1.807) is 0 Å². The van der Waals surface area contributed by atoms with E-state index in [-0.39, 0.29) is 0 Å². The molecule has 0 bridgehead atoms. The van der Waals surface area contributed by atoms with Gasteiger partial charge in [-0.3, -0.25) is 0 Å². The summed E-state index contributed by atoms with van der Waals surface area (Å²) in [5.74, 6) is 0. The molecule has 0 saturated heterocycles. The van der Waals surface area contributed by atoms with Gasteiger partial charge in [0.1, 0.15) is 0 Å². The minimum atomic E-state index is 1.09. The highest BCUT2D eigenvalue weighted by Gasteiger charge is 1.82. The van der Waals surface area contributed by atoms with Gasteiger partial charge in [0, 0.05) is 0 Å². The van der Waals surface area contributed by atoms with Crippen LogP contribution in [-0.2, 0) is 0 Å². The molecule has 0 aromatic heterocycles. The number of allylic oxidation sites excluding steroid dienone is 3. The fourth-order valence-corrected chi connectivity index (χ4v) is 0.737. The van der Waals surface area contributed by atoms with Crippen LogP contribution in [0.4, 0.5) is 0 Å². The maximum atomic E-state index is 3.59. The summed E-state index contributed by atoms with van der Waals surface area (Å²) in [6, 6.07) is 0. The summed E-state index contributed by atoms with van der Waals surface area (Å²) < 4.78 is 0. The fourth-order valence-electron chi connectivity index (χ4n) is 0.737. The molecule has 0 nitrogen and oxygen atoms in total. The number of rotatable bonds is 6. The van der Waals surface area contributed by atoms with Crippen LogP contribution < -0.4 is 0 Å². The van der Waals surface area contributed by atoms with Gasteiger partial charge in [-0.15, -0.1) is 0 Å². The zero-order valence-electron chi connectivity index (χ0n) is 6.84. The minimum Gasteiger partial charge on any atom is -0.0991 e. The predicted molar refractivity (Wildman–Crippen MR) is 47.8 cm³/mol. The van der Waals surface area contributed by atoms with Crippen LogP contribution >= 0.6 is 0 Å². The van der Waals surface area contributed by atoms with Gasteiger partial charge in [-0.05, 0) is 19.3 Å². The Morgan fingerprint density at radius 2 is 2.20 bits per heavy atom. The van der Waals surface area contributed by atoms with Gasteiger partial charge in [0.05, 0.1) is 0 Å². The van der Waals surface area contributed by atoms with E-state index < -0.39 is 0 Å². The Morgan fingerprint density at radius 1 is 1.40 bits per heavy atom. The first-order chi connectivity index (χ1) is 4.91. The molecular weight excluding hydrogens is 120 g/mol. The smallest absolute Gasteiger partial charge is 0.0316 e. The molecule has 0 atom stereocenters. The maximum Gasteiger partial charge on any atom is -0.0316 e. The molecule has 1 radical (unpaired) electrons. The Labute approximate surface area is 64.6 Å². The van der Waals surface area contributed by atoms with Crippen molar-refractivity contribution in [2.75, 3.05) is 0 Å². The average Bonchev–Trinajstić information content (AvgIpc) is 1.97. The first kappa shape index (κ1) is 9.48. The van der Waals surface area contributed by atoms with E-state index in [2.05, 4.69) is 26.0 Å². The Balaban J connectivity index is 2.90.